The van der Waals surface area contributed by atoms with Crippen LogP contribution >= 0.6 is 0 Å². The van der Waals surface area contributed by atoms with Crippen molar-refractivity contribution in [3.05, 3.63) is 35.4 Å². The highest BCUT2D eigenvalue weighted by atomic mass is 16.5. The van der Waals surface area contributed by atoms with Crippen molar-refractivity contribution < 1.29 is 10.0 Å². The van der Waals surface area contributed by atoms with E-state index in [4.69, 9.17) is 5.21 Å². The first-order valence-corrected chi connectivity index (χ1v) is 5.81. The van der Waals surface area contributed by atoms with E-state index < -0.39 is 5.91 Å². The third kappa shape index (κ3) is 6.19. The molecule has 0 heterocycles. The fourth-order valence-corrected chi connectivity index (χ4v) is 0.956. The lowest BCUT2D eigenvalue weighted by molar-refractivity contribution is 0.0706. The maximum absolute atomic E-state index is 10.9. The van der Waals surface area contributed by atoms with Gasteiger partial charge < -0.3 is 0 Å². The summed E-state index contributed by atoms with van der Waals surface area (Å²) < 4.78 is 0. The molecule has 0 spiro atoms. The Bertz CT molecular complexity index is 268. The van der Waals surface area contributed by atoms with Gasteiger partial charge in [-0.05, 0) is 24.1 Å². The van der Waals surface area contributed by atoms with Gasteiger partial charge in [-0.15, -0.1) is 0 Å². The maximum atomic E-state index is 10.9. The first-order valence-electron chi connectivity index (χ1n) is 5.81. The molecule has 1 aromatic rings. The summed E-state index contributed by atoms with van der Waals surface area (Å²) in [5.41, 5.74) is 3.22. The smallest absolute Gasteiger partial charge is 0.274 e. The molecule has 1 aromatic carbocycles. The van der Waals surface area contributed by atoms with Gasteiger partial charge in [-0.25, -0.2) is 5.48 Å². The van der Waals surface area contributed by atoms with Crippen LogP contribution in [0.2, 0.25) is 0 Å². The van der Waals surface area contributed by atoms with Crippen molar-refractivity contribution >= 4 is 5.91 Å². The molecule has 3 heteroatoms. The third-order valence-corrected chi connectivity index (χ3v) is 1.73. The van der Waals surface area contributed by atoms with E-state index in [-0.39, 0.29) is 0 Å². The molecule has 1 amide bonds. The van der Waals surface area contributed by atoms with Crippen LogP contribution in [0, 0.1) is 0 Å². The second-order valence-corrected chi connectivity index (χ2v) is 2.49. The Balaban J connectivity index is 0. The van der Waals surface area contributed by atoms with Crippen LogP contribution in [0.25, 0.3) is 0 Å². The van der Waals surface area contributed by atoms with Crippen LogP contribution in [-0.2, 0) is 6.42 Å². The summed E-state index contributed by atoms with van der Waals surface area (Å²) in [6.45, 7) is 10.0. The minimum atomic E-state index is -0.474. The summed E-state index contributed by atoms with van der Waals surface area (Å²) in [5.74, 6) is -0.474. The zero-order valence-corrected chi connectivity index (χ0v) is 10.9. The molecule has 0 radical (unpaired) electrons. The number of carbonyl (C=O) groups is 1. The first kappa shape index (κ1) is 17.1. The molecule has 92 valence electrons. The molecule has 0 fully saturated rings. The van der Waals surface area contributed by atoms with E-state index in [0.29, 0.717) is 5.56 Å². The predicted octanol–water partition coefficient (Wildman–Crippen LogP) is 3.42. The van der Waals surface area contributed by atoms with Crippen LogP contribution < -0.4 is 5.48 Å². The number of amides is 1. The second-order valence-electron chi connectivity index (χ2n) is 2.49. The van der Waals surface area contributed by atoms with Gasteiger partial charge in [0.15, 0.2) is 0 Å². The molecule has 0 saturated carbocycles. The Morgan fingerprint density at radius 2 is 1.56 bits per heavy atom. The van der Waals surface area contributed by atoms with Crippen molar-refractivity contribution in [1.29, 1.82) is 0 Å². The predicted molar refractivity (Wildman–Crippen MR) is 67.8 cm³/mol. The van der Waals surface area contributed by atoms with E-state index in [1.54, 1.807) is 17.6 Å². The van der Waals surface area contributed by atoms with E-state index in [1.165, 1.54) is 5.56 Å². The molecule has 2 N–H and O–H groups in total. The van der Waals surface area contributed by atoms with Gasteiger partial charge in [0, 0.05) is 5.56 Å². The number of hydrogen-bond acceptors (Lipinski definition) is 2. The van der Waals surface area contributed by atoms with Crippen molar-refractivity contribution in [3.8, 4) is 0 Å². The highest BCUT2D eigenvalue weighted by Gasteiger charge is 2.01. The van der Waals surface area contributed by atoms with Gasteiger partial charge in [-0.1, -0.05) is 46.8 Å². The molecule has 16 heavy (non-hydrogen) atoms. The average molecular weight is 225 g/mol. The van der Waals surface area contributed by atoms with Crippen LogP contribution in [0.15, 0.2) is 24.3 Å². The summed E-state index contributed by atoms with van der Waals surface area (Å²) in [7, 11) is 0. The van der Waals surface area contributed by atoms with Crippen LogP contribution in [0.3, 0.4) is 0 Å². The van der Waals surface area contributed by atoms with E-state index >= 15 is 0 Å². The maximum Gasteiger partial charge on any atom is 0.274 e. The molecular formula is C13H23NO2. The van der Waals surface area contributed by atoms with Gasteiger partial charge in [0.05, 0.1) is 0 Å². The van der Waals surface area contributed by atoms with Crippen molar-refractivity contribution in [2.24, 2.45) is 0 Å². The molecule has 1 rings (SSSR count). The molecule has 0 atom stereocenters. The Morgan fingerprint density at radius 1 is 1.12 bits per heavy atom. The third-order valence-electron chi connectivity index (χ3n) is 1.73. The van der Waals surface area contributed by atoms with Gasteiger partial charge >= 0.3 is 0 Å². The summed E-state index contributed by atoms with van der Waals surface area (Å²) >= 11 is 0. The number of nitrogens with one attached hydrogen (secondary N) is 1. The number of benzene rings is 1. The molecule has 0 aliphatic heterocycles. The van der Waals surface area contributed by atoms with Crippen LogP contribution in [0.1, 0.15) is 50.5 Å². The standard InChI is InChI=1S/C9H11NO2.2C2H6/c1-2-7-3-5-8(6-4-7)9(11)10-12;2*1-2/h3-6,12H,2H2,1H3,(H,10,11);2*1-2H3. The van der Waals surface area contributed by atoms with Gasteiger partial charge in [0.2, 0.25) is 0 Å². The second kappa shape index (κ2) is 11.7. The Kier molecular flexibility index (Phi) is 12.5. The number of hydroxylamine groups is 1. The van der Waals surface area contributed by atoms with E-state index in [9.17, 15) is 4.79 Å². The Hall–Kier alpha value is -1.35. The fourth-order valence-electron chi connectivity index (χ4n) is 0.956. The van der Waals surface area contributed by atoms with E-state index in [2.05, 4.69) is 0 Å². The van der Waals surface area contributed by atoms with E-state index in [0.717, 1.165) is 6.42 Å². The van der Waals surface area contributed by atoms with Gasteiger partial charge in [-0.2, -0.15) is 0 Å². The van der Waals surface area contributed by atoms with Crippen LogP contribution in [0.4, 0.5) is 0 Å². The lowest BCUT2D eigenvalue weighted by atomic mass is 10.1. The first-order chi connectivity index (χ1) is 7.77. The number of hydrogen-bond donors (Lipinski definition) is 2. The number of rotatable bonds is 2. The molecule has 0 bridgehead atoms. The fraction of sp³-hybridized carbons (Fsp3) is 0.462. The lowest BCUT2D eigenvalue weighted by Gasteiger charge is -1.99. The summed E-state index contributed by atoms with van der Waals surface area (Å²) in [6, 6.07) is 7.10. The molecule has 0 aliphatic carbocycles. The lowest BCUT2D eigenvalue weighted by Crippen LogP contribution is -2.18. The van der Waals surface area contributed by atoms with Gasteiger partial charge in [0.25, 0.3) is 5.91 Å². The largest absolute Gasteiger partial charge is 0.288 e. The zero-order valence-electron chi connectivity index (χ0n) is 10.9. The molecule has 0 aromatic heterocycles. The van der Waals surface area contributed by atoms with Crippen LogP contribution in [-0.4, -0.2) is 11.1 Å². The van der Waals surface area contributed by atoms with Crippen molar-refractivity contribution in [2.75, 3.05) is 0 Å². The molecular weight excluding hydrogens is 202 g/mol. The highest BCUT2D eigenvalue weighted by molar-refractivity contribution is 5.93. The SMILES string of the molecule is CC.CC.CCc1ccc(C(=O)NO)cc1. The van der Waals surface area contributed by atoms with Gasteiger partial charge in [-0.3, -0.25) is 10.0 Å². The Labute approximate surface area is 98.5 Å². The van der Waals surface area contributed by atoms with Gasteiger partial charge in [0.1, 0.15) is 0 Å². The minimum Gasteiger partial charge on any atom is -0.288 e. The highest BCUT2D eigenvalue weighted by Crippen LogP contribution is 2.04. The zero-order chi connectivity index (χ0) is 13.0. The summed E-state index contributed by atoms with van der Waals surface area (Å²) in [6.07, 6.45) is 0.945. The normalized spacial score (nSPS) is 7.88. The molecule has 0 saturated heterocycles. The minimum absolute atomic E-state index is 0.467. The average Bonchev–Trinajstić information content (AvgIpc) is 2.42. The molecule has 0 aliphatic rings. The quantitative estimate of drug-likeness (QED) is 0.598. The van der Waals surface area contributed by atoms with Crippen LogP contribution in [0.5, 0.6) is 0 Å². The summed E-state index contributed by atoms with van der Waals surface area (Å²) in [5, 5.41) is 8.32. The van der Waals surface area contributed by atoms with Crippen molar-refractivity contribution in [2.45, 2.75) is 41.0 Å². The van der Waals surface area contributed by atoms with Crippen molar-refractivity contribution in [3.63, 3.8) is 0 Å². The molecule has 3 nitrogen and oxygen atoms in total. The Morgan fingerprint density at radius 3 is 1.88 bits per heavy atom. The van der Waals surface area contributed by atoms with E-state index in [1.807, 2.05) is 46.8 Å². The molecule has 0 unspecified atom stereocenters. The monoisotopic (exact) mass is 225 g/mol. The summed E-state index contributed by atoms with van der Waals surface area (Å²) in [4.78, 5) is 10.9. The number of aryl methyl sites for hydroxylation is 1. The number of carbonyl (C=O) groups excluding carboxylic acids is 1. The van der Waals surface area contributed by atoms with Crippen molar-refractivity contribution in [1.82, 2.24) is 5.48 Å². The topological polar surface area (TPSA) is 49.3 Å².